The first-order valence-electron chi connectivity index (χ1n) is 4.04. The monoisotopic (exact) mass is 178 g/mol. The maximum absolute atomic E-state index is 9.46. The van der Waals surface area contributed by atoms with Crippen LogP contribution in [0.1, 0.15) is 27.2 Å². The smallest absolute Gasteiger partial charge is 0.0914 e. The summed E-state index contributed by atoms with van der Waals surface area (Å²) in [6, 6.07) is 0. The Labute approximate surface area is 74.0 Å². The van der Waals surface area contributed by atoms with Crippen LogP contribution >= 0.6 is 12.6 Å². The molecule has 0 bridgehead atoms. The molecule has 0 amide bonds. The van der Waals surface area contributed by atoms with E-state index < -0.39 is 12.2 Å². The van der Waals surface area contributed by atoms with E-state index in [0.717, 1.165) is 6.42 Å². The van der Waals surface area contributed by atoms with Gasteiger partial charge in [-0.1, -0.05) is 27.2 Å². The molecule has 4 unspecified atom stereocenters. The lowest BCUT2D eigenvalue weighted by Gasteiger charge is -2.24. The average molecular weight is 178 g/mol. The summed E-state index contributed by atoms with van der Waals surface area (Å²) in [7, 11) is 0. The molecule has 0 aromatic carbocycles. The normalized spacial score (nSPS) is 22.4. The second kappa shape index (κ2) is 5.01. The van der Waals surface area contributed by atoms with Gasteiger partial charge in [-0.15, -0.1) is 0 Å². The van der Waals surface area contributed by atoms with E-state index in [1.807, 2.05) is 13.8 Å². The third-order valence-electron chi connectivity index (χ3n) is 2.07. The summed E-state index contributed by atoms with van der Waals surface area (Å²) in [5.74, 6) is 0.139. The first kappa shape index (κ1) is 11.3. The molecule has 0 aliphatic carbocycles. The highest BCUT2D eigenvalue weighted by molar-refractivity contribution is 7.81. The minimum absolute atomic E-state index is 0.139. The molecule has 0 heterocycles. The van der Waals surface area contributed by atoms with E-state index in [4.69, 9.17) is 0 Å². The first-order valence-corrected chi connectivity index (χ1v) is 4.56. The summed E-state index contributed by atoms with van der Waals surface area (Å²) in [4.78, 5) is 0. The predicted molar refractivity (Wildman–Crippen MR) is 49.9 cm³/mol. The quantitative estimate of drug-likeness (QED) is 0.564. The van der Waals surface area contributed by atoms with Gasteiger partial charge in [-0.2, -0.15) is 12.6 Å². The fraction of sp³-hybridized carbons (Fsp3) is 1.00. The number of thiol groups is 1. The van der Waals surface area contributed by atoms with E-state index >= 15 is 0 Å². The van der Waals surface area contributed by atoms with Gasteiger partial charge in [-0.05, 0) is 5.92 Å². The molecule has 0 aromatic heterocycles. The van der Waals surface area contributed by atoms with Gasteiger partial charge in [0.05, 0.1) is 12.2 Å². The van der Waals surface area contributed by atoms with Gasteiger partial charge in [0.15, 0.2) is 0 Å². The highest BCUT2D eigenvalue weighted by Crippen LogP contribution is 2.15. The molecule has 4 atom stereocenters. The molecule has 2 nitrogen and oxygen atoms in total. The fourth-order valence-corrected chi connectivity index (χ4v) is 1.04. The maximum Gasteiger partial charge on any atom is 0.0914 e. The summed E-state index contributed by atoms with van der Waals surface area (Å²) >= 11 is 4.06. The van der Waals surface area contributed by atoms with E-state index in [-0.39, 0.29) is 11.2 Å². The van der Waals surface area contributed by atoms with Crippen LogP contribution in [0.2, 0.25) is 0 Å². The van der Waals surface area contributed by atoms with Crippen molar-refractivity contribution >= 4 is 12.6 Å². The highest BCUT2D eigenvalue weighted by Gasteiger charge is 2.24. The van der Waals surface area contributed by atoms with E-state index in [1.54, 1.807) is 6.92 Å². The van der Waals surface area contributed by atoms with Gasteiger partial charge in [0.1, 0.15) is 0 Å². The minimum Gasteiger partial charge on any atom is -0.390 e. The van der Waals surface area contributed by atoms with Gasteiger partial charge in [0.25, 0.3) is 0 Å². The molecule has 11 heavy (non-hydrogen) atoms. The standard InChI is InChI=1S/C8H18O2S/c1-4-5(2)7(9)8(10)6(3)11/h5-11H,4H2,1-3H3. The molecule has 0 saturated carbocycles. The summed E-state index contributed by atoms with van der Waals surface area (Å²) < 4.78 is 0. The van der Waals surface area contributed by atoms with Crippen LogP contribution in [-0.2, 0) is 0 Å². The zero-order valence-electron chi connectivity index (χ0n) is 7.36. The third-order valence-corrected chi connectivity index (χ3v) is 2.38. The summed E-state index contributed by atoms with van der Waals surface area (Å²) in [5.41, 5.74) is 0. The Bertz CT molecular complexity index is 106. The Kier molecular flexibility index (Phi) is 5.13. The second-order valence-electron chi connectivity index (χ2n) is 3.11. The van der Waals surface area contributed by atoms with Crippen molar-refractivity contribution in [3.8, 4) is 0 Å². The fourth-order valence-electron chi connectivity index (χ4n) is 0.863. The van der Waals surface area contributed by atoms with Gasteiger partial charge < -0.3 is 10.2 Å². The summed E-state index contributed by atoms with van der Waals surface area (Å²) in [6.45, 7) is 5.69. The van der Waals surface area contributed by atoms with Crippen LogP contribution in [-0.4, -0.2) is 27.7 Å². The Morgan fingerprint density at radius 3 is 1.91 bits per heavy atom. The zero-order valence-corrected chi connectivity index (χ0v) is 8.25. The number of rotatable bonds is 4. The Hall–Kier alpha value is 0.270. The van der Waals surface area contributed by atoms with E-state index in [0.29, 0.717) is 0 Å². The molecular weight excluding hydrogens is 160 g/mol. The molecule has 0 fully saturated rings. The van der Waals surface area contributed by atoms with Gasteiger partial charge in [0.2, 0.25) is 0 Å². The number of aliphatic hydroxyl groups is 2. The van der Waals surface area contributed by atoms with Crippen molar-refractivity contribution < 1.29 is 10.2 Å². The molecule has 0 radical (unpaired) electrons. The van der Waals surface area contributed by atoms with Crippen LogP contribution in [0, 0.1) is 5.92 Å². The molecule has 3 heteroatoms. The number of hydrogen-bond acceptors (Lipinski definition) is 3. The molecule has 0 spiro atoms. The SMILES string of the molecule is CCC(C)C(O)C(O)C(C)S. The third kappa shape index (κ3) is 3.45. The van der Waals surface area contributed by atoms with Crippen LogP contribution in [0.15, 0.2) is 0 Å². The van der Waals surface area contributed by atoms with Gasteiger partial charge in [-0.25, -0.2) is 0 Å². The van der Waals surface area contributed by atoms with Crippen molar-refractivity contribution in [2.75, 3.05) is 0 Å². The van der Waals surface area contributed by atoms with Gasteiger partial charge in [0, 0.05) is 5.25 Å². The highest BCUT2D eigenvalue weighted by atomic mass is 32.1. The lowest BCUT2D eigenvalue weighted by atomic mass is 9.96. The minimum atomic E-state index is -0.715. The molecule has 68 valence electrons. The Morgan fingerprint density at radius 1 is 1.18 bits per heavy atom. The van der Waals surface area contributed by atoms with E-state index in [2.05, 4.69) is 12.6 Å². The van der Waals surface area contributed by atoms with Crippen LogP contribution in [0.3, 0.4) is 0 Å². The van der Waals surface area contributed by atoms with Crippen molar-refractivity contribution in [2.45, 2.75) is 44.6 Å². The van der Waals surface area contributed by atoms with Crippen LogP contribution in [0.25, 0.3) is 0 Å². The predicted octanol–water partition coefficient (Wildman–Crippen LogP) is 1.07. The summed E-state index contributed by atoms with van der Waals surface area (Å²) in [5, 5.41) is 18.7. The maximum atomic E-state index is 9.46. The zero-order chi connectivity index (χ0) is 9.02. The summed E-state index contributed by atoms with van der Waals surface area (Å²) in [6.07, 6.45) is -0.487. The largest absolute Gasteiger partial charge is 0.390 e. The van der Waals surface area contributed by atoms with Crippen LogP contribution in [0.5, 0.6) is 0 Å². The topological polar surface area (TPSA) is 40.5 Å². The molecule has 0 saturated heterocycles. The van der Waals surface area contributed by atoms with Crippen molar-refractivity contribution in [1.29, 1.82) is 0 Å². The Balaban J connectivity index is 3.90. The van der Waals surface area contributed by atoms with Crippen LogP contribution in [0.4, 0.5) is 0 Å². The lowest BCUT2D eigenvalue weighted by Crippen LogP contribution is -2.37. The molecule has 0 aliphatic heterocycles. The molecular formula is C8H18O2S. The molecule has 0 aromatic rings. The van der Waals surface area contributed by atoms with Gasteiger partial charge >= 0.3 is 0 Å². The average Bonchev–Trinajstić information content (AvgIpc) is 2.00. The molecule has 0 aliphatic rings. The number of aliphatic hydroxyl groups excluding tert-OH is 2. The second-order valence-corrected chi connectivity index (χ2v) is 3.92. The van der Waals surface area contributed by atoms with Crippen molar-refractivity contribution in [3.05, 3.63) is 0 Å². The molecule has 2 N–H and O–H groups in total. The van der Waals surface area contributed by atoms with Crippen LogP contribution < -0.4 is 0 Å². The van der Waals surface area contributed by atoms with Crippen molar-refractivity contribution in [2.24, 2.45) is 5.92 Å². The van der Waals surface area contributed by atoms with E-state index in [9.17, 15) is 10.2 Å². The van der Waals surface area contributed by atoms with Crippen molar-refractivity contribution in [1.82, 2.24) is 0 Å². The molecule has 0 rings (SSSR count). The van der Waals surface area contributed by atoms with E-state index in [1.165, 1.54) is 0 Å². The number of hydrogen-bond donors (Lipinski definition) is 3. The lowest BCUT2D eigenvalue weighted by molar-refractivity contribution is -0.0116. The Morgan fingerprint density at radius 2 is 1.64 bits per heavy atom. The first-order chi connectivity index (χ1) is 5.00. The van der Waals surface area contributed by atoms with Crippen molar-refractivity contribution in [3.63, 3.8) is 0 Å². The van der Waals surface area contributed by atoms with Gasteiger partial charge in [-0.3, -0.25) is 0 Å².